The molecule has 4 rings (SSSR count). The fourth-order valence-electron chi connectivity index (χ4n) is 5.44. The van der Waals surface area contributed by atoms with E-state index in [1.54, 1.807) is 13.2 Å². The maximum absolute atomic E-state index is 13.3. The first-order valence-electron chi connectivity index (χ1n) is 8.48. The van der Waals surface area contributed by atoms with Crippen molar-refractivity contribution in [1.29, 1.82) is 0 Å². The van der Waals surface area contributed by atoms with Crippen molar-refractivity contribution in [3.8, 4) is 5.75 Å². The predicted molar refractivity (Wildman–Crippen MR) is 86.6 cm³/mol. The van der Waals surface area contributed by atoms with E-state index in [1.165, 1.54) is 6.92 Å². The van der Waals surface area contributed by atoms with Gasteiger partial charge in [-0.2, -0.15) is 0 Å². The van der Waals surface area contributed by atoms with E-state index in [4.69, 9.17) is 9.47 Å². The van der Waals surface area contributed by atoms with Crippen LogP contribution < -0.4 is 4.74 Å². The highest BCUT2D eigenvalue weighted by atomic mass is 16.6. The third kappa shape index (κ3) is 2.00. The molecule has 3 aliphatic carbocycles. The molecule has 1 N–H and O–H groups in total. The van der Waals surface area contributed by atoms with Gasteiger partial charge in [-0.05, 0) is 42.9 Å². The third-order valence-corrected chi connectivity index (χ3v) is 6.32. The SMILES string of the molecule is COc1ccc2c(c1)C(=O)[C@]13CC(C(=O)O)[C@](OC(C)=O)(CCC21)C3. The average molecular weight is 344 g/mol. The Morgan fingerprint density at radius 2 is 2.08 bits per heavy atom. The van der Waals surface area contributed by atoms with Gasteiger partial charge >= 0.3 is 11.9 Å². The lowest BCUT2D eigenvalue weighted by Gasteiger charge is -2.40. The van der Waals surface area contributed by atoms with Crippen LogP contribution in [0.2, 0.25) is 0 Å². The van der Waals surface area contributed by atoms with E-state index in [1.807, 2.05) is 12.1 Å². The zero-order valence-corrected chi connectivity index (χ0v) is 14.2. The lowest BCUT2D eigenvalue weighted by atomic mass is 9.66. The topological polar surface area (TPSA) is 89.9 Å². The fourth-order valence-corrected chi connectivity index (χ4v) is 5.44. The van der Waals surface area contributed by atoms with Gasteiger partial charge in [0.25, 0.3) is 0 Å². The van der Waals surface area contributed by atoms with Crippen LogP contribution in [-0.2, 0) is 14.3 Å². The number of rotatable bonds is 3. The molecule has 0 saturated heterocycles. The molecule has 6 nitrogen and oxygen atoms in total. The van der Waals surface area contributed by atoms with Gasteiger partial charge in [-0.25, -0.2) is 0 Å². The molecule has 6 heteroatoms. The van der Waals surface area contributed by atoms with Crippen LogP contribution in [0.5, 0.6) is 5.75 Å². The maximum atomic E-state index is 13.3. The Kier molecular flexibility index (Phi) is 3.27. The van der Waals surface area contributed by atoms with E-state index in [0.717, 1.165) is 5.56 Å². The molecule has 0 heterocycles. The van der Waals surface area contributed by atoms with Crippen molar-refractivity contribution >= 4 is 17.7 Å². The predicted octanol–water partition coefficient (Wildman–Crippen LogP) is 2.55. The van der Waals surface area contributed by atoms with E-state index in [2.05, 4.69) is 0 Å². The lowest BCUT2D eigenvalue weighted by molar-refractivity contribution is -0.171. The van der Waals surface area contributed by atoms with E-state index in [-0.39, 0.29) is 24.5 Å². The Balaban J connectivity index is 1.82. The number of ketones is 1. The summed E-state index contributed by atoms with van der Waals surface area (Å²) in [4.78, 5) is 36.8. The minimum absolute atomic E-state index is 0.0195. The number of carbonyl (C=O) groups is 3. The molecule has 2 bridgehead atoms. The van der Waals surface area contributed by atoms with Gasteiger partial charge in [0, 0.05) is 24.3 Å². The number of ether oxygens (including phenoxy) is 2. The molecule has 1 spiro atoms. The summed E-state index contributed by atoms with van der Waals surface area (Å²) in [5.41, 5.74) is -0.274. The second-order valence-corrected chi connectivity index (χ2v) is 7.46. The number of hydrogen-bond donors (Lipinski definition) is 1. The molecule has 0 radical (unpaired) electrons. The molecule has 0 aromatic heterocycles. The summed E-state index contributed by atoms with van der Waals surface area (Å²) >= 11 is 0. The Bertz CT molecular complexity index is 799. The largest absolute Gasteiger partial charge is 0.497 e. The molecular formula is C19H20O6. The van der Waals surface area contributed by atoms with Crippen molar-refractivity contribution in [2.24, 2.45) is 11.3 Å². The molecule has 2 saturated carbocycles. The minimum atomic E-state index is -1.07. The highest BCUT2D eigenvalue weighted by molar-refractivity contribution is 6.07. The van der Waals surface area contributed by atoms with E-state index >= 15 is 0 Å². The van der Waals surface area contributed by atoms with Crippen molar-refractivity contribution in [2.75, 3.05) is 7.11 Å². The first-order valence-corrected chi connectivity index (χ1v) is 8.48. The quantitative estimate of drug-likeness (QED) is 0.848. The van der Waals surface area contributed by atoms with Gasteiger partial charge in [-0.1, -0.05) is 6.07 Å². The van der Waals surface area contributed by atoms with Crippen LogP contribution in [0.15, 0.2) is 18.2 Å². The van der Waals surface area contributed by atoms with Crippen molar-refractivity contribution < 1.29 is 29.0 Å². The van der Waals surface area contributed by atoms with Crippen molar-refractivity contribution in [2.45, 2.75) is 44.1 Å². The zero-order chi connectivity index (χ0) is 18.0. The van der Waals surface area contributed by atoms with Crippen LogP contribution in [0.1, 0.15) is 54.4 Å². The van der Waals surface area contributed by atoms with Gasteiger partial charge in [-0.3, -0.25) is 14.4 Å². The number of fused-ring (bicyclic) bond motifs is 3. The molecule has 3 aliphatic rings. The van der Waals surface area contributed by atoms with Gasteiger partial charge in [0.05, 0.1) is 13.0 Å². The van der Waals surface area contributed by atoms with Crippen LogP contribution in [0, 0.1) is 11.3 Å². The highest BCUT2D eigenvalue weighted by Gasteiger charge is 2.70. The number of carboxylic acid groups (broad SMARTS) is 1. The number of carbonyl (C=O) groups excluding carboxylic acids is 2. The smallest absolute Gasteiger partial charge is 0.310 e. The highest BCUT2D eigenvalue weighted by Crippen LogP contribution is 2.67. The van der Waals surface area contributed by atoms with Crippen LogP contribution in [0.4, 0.5) is 0 Å². The average Bonchev–Trinajstić information content (AvgIpc) is 2.96. The maximum Gasteiger partial charge on any atom is 0.310 e. The number of Topliss-reactive ketones (excluding diaryl/α,β-unsaturated/α-hetero) is 1. The summed E-state index contributed by atoms with van der Waals surface area (Å²) in [6, 6.07) is 5.49. The van der Waals surface area contributed by atoms with Gasteiger partial charge in [-0.15, -0.1) is 0 Å². The summed E-state index contributed by atoms with van der Waals surface area (Å²) in [5, 5.41) is 9.72. The molecule has 1 aromatic rings. The normalized spacial score (nSPS) is 35.0. The van der Waals surface area contributed by atoms with Crippen LogP contribution in [0.3, 0.4) is 0 Å². The molecule has 2 fully saturated rings. The second kappa shape index (κ2) is 5.07. The van der Waals surface area contributed by atoms with Crippen LogP contribution in [0.25, 0.3) is 0 Å². The summed E-state index contributed by atoms with van der Waals surface area (Å²) < 4.78 is 10.8. The molecule has 132 valence electrons. The number of aliphatic carboxylic acids is 1. The number of carboxylic acids is 1. The molecule has 25 heavy (non-hydrogen) atoms. The Morgan fingerprint density at radius 3 is 2.72 bits per heavy atom. The Labute approximate surface area is 145 Å². The number of methoxy groups -OCH3 is 1. The number of benzene rings is 1. The number of hydrogen-bond acceptors (Lipinski definition) is 5. The minimum Gasteiger partial charge on any atom is -0.497 e. The fraction of sp³-hybridized carbons (Fsp3) is 0.526. The molecular weight excluding hydrogens is 324 g/mol. The first kappa shape index (κ1) is 16.1. The summed E-state index contributed by atoms with van der Waals surface area (Å²) in [6.07, 6.45) is 1.62. The third-order valence-electron chi connectivity index (χ3n) is 6.32. The molecule has 1 aromatic carbocycles. The number of esters is 1. The van der Waals surface area contributed by atoms with Gasteiger partial charge < -0.3 is 14.6 Å². The zero-order valence-electron chi connectivity index (χ0n) is 14.2. The van der Waals surface area contributed by atoms with Gasteiger partial charge in [0.2, 0.25) is 0 Å². The van der Waals surface area contributed by atoms with Crippen LogP contribution >= 0.6 is 0 Å². The lowest BCUT2D eigenvalue weighted by Crippen LogP contribution is -2.45. The Morgan fingerprint density at radius 1 is 1.32 bits per heavy atom. The molecule has 0 aliphatic heterocycles. The summed E-state index contributed by atoms with van der Waals surface area (Å²) in [6.45, 7) is 1.29. The van der Waals surface area contributed by atoms with E-state index < -0.39 is 28.9 Å². The van der Waals surface area contributed by atoms with Gasteiger partial charge in [0.1, 0.15) is 11.4 Å². The van der Waals surface area contributed by atoms with E-state index in [0.29, 0.717) is 24.2 Å². The van der Waals surface area contributed by atoms with Crippen molar-refractivity contribution in [3.05, 3.63) is 29.3 Å². The monoisotopic (exact) mass is 344 g/mol. The molecule has 2 unspecified atom stereocenters. The standard InChI is InChI=1S/C19H20O6/c1-10(20)25-19-6-5-14-12-4-3-11(24-2)7-13(12)16(21)18(14,9-19)8-15(19)17(22)23/h3-4,7,14-15H,5-6,8-9H2,1-2H3,(H,22,23)/t14?,15?,18-,19-/m0/s1. The van der Waals surface area contributed by atoms with Gasteiger partial charge in [0.15, 0.2) is 5.78 Å². The second-order valence-electron chi connectivity index (χ2n) is 7.46. The van der Waals surface area contributed by atoms with Crippen LogP contribution in [-0.4, -0.2) is 35.5 Å². The van der Waals surface area contributed by atoms with Crippen molar-refractivity contribution in [3.63, 3.8) is 0 Å². The first-order chi connectivity index (χ1) is 11.8. The Hall–Kier alpha value is -2.37. The summed E-state index contributed by atoms with van der Waals surface area (Å²) in [5.74, 6) is -1.78. The molecule has 0 amide bonds. The van der Waals surface area contributed by atoms with Crippen molar-refractivity contribution in [1.82, 2.24) is 0 Å². The summed E-state index contributed by atoms with van der Waals surface area (Å²) in [7, 11) is 1.55. The molecule has 4 atom stereocenters. The van der Waals surface area contributed by atoms with E-state index in [9.17, 15) is 19.5 Å².